The number of nitrogens with zero attached hydrogens (tertiary/aromatic N) is 4. The molecule has 1 aliphatic carbocycles. The summed E-state index contributed by atoms with van der Waals surface area (Å²) in [6.07, 6.45) is 9.05. The summed E-state index contributed by atoms with van der Waals surface area (Å²) in [4.78, 5) is 9.73. The number of ether oxygens (including phenoxy) is 1. The van der Waals surface area contributed by atoms with E-state index in [4.69, 9.17) is 14.8 Å². The molecule has 5 heteroatoms. The lowest BCUT2D eigenvalue weighted by Crippen LogP contribution is -2.16. The van der Waals surface area contributed by atoms with Crippen LogP contribution in [0.1, 0.15) is 49.3 Å². The van der Waals surface area contributed by atoms with E-state index in [1.807, 2.05) is 12.3 Å². The minimum absolute atomic E-state index is 0.407. The van der Waals surface area contributed by atoms with Crippen LogP contribution in [0, 0.1) is 0 Å². The van der Waals surface area contributed by atoms with Gasteiger partial charge in [-0.1, -0.05) is 55.7 Å². The van der Waals surface area contributed by atoms with Crippen LogP contribution in [0.2, 0.25) is 0 Å². The highest BCUT2D eigenvalue weighted by molar-refractivity contribution is 5.84. The lowest BCUT2D eigenvalue weighted by molar-refractivity contribution is 0.111. The molecule has 1 fully saturated rings. The van der Waals surface area contributed by atoms with Crippen molar-refractivity contribution in [2.45, 2.75) is 51.2 Å². The van der Waals surface area contributed by atoms with E-state index in [0.29, 0.717) is 18.5 Å². The highest BCUT2D eigenvalue weighted by Crippen LogP contribution is 2.34. The Bertz CT molecular complexity index is 1240. The largest absolute Gasteiger partial charge is 0.376 e. The molecule has 5 nitrogen and oxygen atoms in total. The lowest BCUT2D eigenvalue weighted by atomic mass is 9.95. The van der Waals surface area contributed by atoms with Gasteiger partial charge in [-0.2, -0.15) is 0 Å². The summed E-state index contributed by atoms with van der Waals surface area (Å²) in [5.41, 5.74) is 4.63. The fourth-order valence-electron chi connectivity index (χ4n) is 4.92. The first-order valence-corrected chi connectivity index (χ1v) is 11.4. The van der Waals surface area contributed by atoms with Crippen LogP contribution in [0.4, 0.5) is 0 Å². The molecule has 0 unspecified atom stereocenters. The van der Waals surface area contributed by atoms with Crippen molar-refractivity contribution < 1.29 is 4.74 Å². The van der Waals surface area contributed by atoms with Crippen LogP contribution in [0.5, 0.6) is 0 Å². The van der Waals surface area contributed by atoms with Crippen LogP contribution >= 0.6 is 0 Å². The number of benzene rings is 2. The van der Waals surface area contributed by atoms with Gasteiger partial charge in [-0.15, -0.1) is 5.10 Å². The number of pyridine rings is 1. The van der Waals surface area contributed by atoms with E-state index >= 15 is 0 Å². The summed E-state index contributed by atoms with van der Waals surface area (Å²) in [5.74, 6) is 1.68. The third kappa shape index (κ3) is 3.53. The maximum atomic E-state index is 5.62. The van der Waals surface area contributed by atoms with Gasteiger partial charge in [-0.05, 0) is 47.9 Å². The van der Waals surface area contributed by atoms with Crippen molar-refractivity contribution in [1.29, 1.82) is 0 Å². The van der Waals surface area contributed by atoms with Crippen molar-refractivity contribution in [2.75, 3.05) is 6.61 Å². The Labute approximate surface area is 182 Å². The van der Waals surface area contributed by atoms with Crippen LogP contribution in [0.3, 0.4) is 0 Å². The molecule has 0 radical (unpaired) electrons. The number of fused-ring (bicyclic) bond motifs is 2. The van der Waals surface area contributed by atoms with Gasteiger partial charge in [0.15, 0.2) is 11.6 Å². The van der Waals surface area contributed by atoms with Crippen molar-refractivity contribution >= 4 is 10.8 Å². The third-order valence-corrected chi connectivity index (χ3v) is 6.65. The topological polar surface area (TPSA) is 52.8 Å². The predicted molar refractivity (Wildman–Crippen MR) is 122 cm³/mol. The molecular weight excluding hydrogens is 384 g/mol. The fraction of sp³-hybridized carbons (Fsp3) is 0.346. The van der Waals surface area contributed by atoms with Crippen molar-refractivity contribution in [3.63, 3.8) is 0 Å². The van der Waals surface area contributed by atoms with Crippen LogP contribution < -0.4 is 0 Å². The molecule has 0 atom stereocenters. The predicted octanol–water partition coefficient (Wildman–Crippen LogP) is 5.74. The minimum Gasteiger partial charge on any atom is -0.376 e. The van der Waals surface area contributed by atoms with Gasteiger partial charge in [-0.3, -0.25) is 4.98 Å². The van der Waals surface area contributed by atoms with Gasteiger partial charge in [0.2, 0.25) is 0 Å². The molecule has 4 aromatic rings. The van der Waals surface area contributed by atoms with Gasteiger partial charge in [0.05, 0.1) is 19.3 Å². The molecular formula is C26H26N4O. The van der Waals surface area contributed by atoms with E-state index in [2.05, 4.69) is 52.1 Å². The quantitative estimate of drug-likeness (QED) is 0.432. The average Bonchev–Trinajstić information content (AvgIpc) is 3.30. The zero-order valence-corrected chi connectivity index (χ0v) is 17.6. The molecule has 0 bridgehead atoms. The molecule has 2 aliphatic rings. The summed E-state index contributed by atoms with van der Waals surface area (Å²) in [6.45, 7) is 1.50. The number of hydrogen-bond donors (Lipinski definition) is 0. The van der Waals surface area contributed by atoms with Gasteiger partial charge in [0.1, 0.15) is 5.69 Å². The molecule has 0 amide bonds. The first-order chi connectivity index (χ1) is 15.3. The van der Waals surface area contributed by atoms with Gasteiger partial charge < -0.3 is 4.74 Å². The second kappa shape index (κ2) is 7.89. The molecule has 0 spiro atoms. The van der Waals surface area contributed by atoms with Crippen molar-refractivity contribution in [2.24, 2.45) is 0 Å². The summed E-state index contributed by atoms with van der Waals surface area (Å²) in [7, 11) is 0. The van der Waals surface area contributed by atoms with Gasteiger partial charge in [0, 0.05) is 17.1 Å². The van der Waals surface area contributed by atoms with E-state index in [1.54, 1.807) is 0 Å². The molecule has 1 saturated carbocycles. The van der Waals surface area contributed by atoms with E-state index in [9.17, 15) is 0 Å². The van der Waals surface area contributed by atoms with E-state index < -0.39 is 0 Å². The monoisotopic (exact) mass is 410 g/mol. The second-order valence-corrected chi connectivity index (χ2v) is 8.70. The Morgan fingerprint density at radius 3 is 2.68 bits per heavy atom. The van der Waals surface area contributed by atoms with Crippen LogP contribution in [-0.4, -0.2) is 26.4 Å². The second-order valence-electron chi connectivity index (χ2n) is 8.70. The van der Waals surface area contributed by atoms with E-state index in [0.717, 1.165) is 40.9 Å². The Morgan fingerprint density at radius 2 is 1.77 bits per heavy atom. The Balaban J connectivity index is 1.46. The van der Waals surface area contributed by atoms with Gasteiger partial charge >= 0.3 is 0 Å². The van der Waals surface area contributed by atoms with Crippen molar-refractivity contribution in [3.05, 3.63) is 65.9 Å². The highest BCUT2D eigenvalue weighted by Gasteiger charge is 2.24. The molecule has 3 heterocycles. The summed E-state index contributed by atoms with van der Waals surface area (Å²) in [6, 6.07) is 17.5. The maximum absolute atomic E-state index is 5.62. The van der Waals surface area contributed by atoms with E-state index in [1.165, 1.54) is 43.2 Å². The van der Waals surface area contributed by atoms with Crippen molar-refractivity contribution in [1.82, 2.24) is 19.7 Å². The minimum atomic E-state index is 0.407. The average molecular weight is 411 g/mol. The molecule has 156 valence electrons. The maximum Gasteiger partial charge on any atom is 0.200 e. The van der Waals surface area contributed by atoms with Crippen LogP contribution in [0.15, 0.2) is 54.7 Å². The number of aromatic nitrogens is 4. The lowest BCUT2D eigenvalue weighted by Gasteiger charge is -2.23. The van der Waals surface area contributed by atoms with Crippen LogP contribution in [-0.2, 0) is 17.8 Å². The zero-order chi connectivity index (χ0) is 20.6. The molecule has 2 aromatic heterocycles. The van der Waals surface area contributed by atoms with E-state index in [-0.39, 0.29) is 0 Å². The number of hydrogen-bond acceptors (Lipinski definition) is 4. The third-order valence-electron chi connectivity index (χ3n) is 6.65. The molecule has 0 saturated heterocycles. The SMILES string of the molecule is c1ccc2cc(-c3nc(-c4ccc5c(c4)CCOC5)n(C4CCCCC4)n3)ncc2c1. The summed E-state index contributed by atoms with van der Waals surface area (Å²) >= 11 is 0. The first kappa shape index (κ1) is 18.7. The molecule has 2 aromatic carbocycles. The smallest absolute Gasteiger partial charge is 0.200 e. The van der Waals surface area contributed by atoms with Gasteiger partial charge in [-0.25, -0.2) is 9.67 Å². The van der Waals surface area contributed by atoms with Crippen LogP contribution in [0.25, 0.3) is 33.7 Å². The fourth-order valence-corrected chi connectivity index (χ4v) is 4.92. The van der Waals surface area contributed by atoms with Gasteiger partial charge in [0.25, 0.3) is 0 Å². The highest BCUT2D eigenvalue weighted by atomic mass is 16.5. The first-order valence-electron chi connectivity index (χ1n) is 11.4. The Morgan fingerprint density at radius 1 is 0.903 bits per heavy atom. The molecule has 1 aliphatic heterocycles. The molecule has 31 heavy (non-hydrogen) atoms. The standard InChI is InChI=1S/C26H26N4O/c1-2-8-23(9-3-1)30-26(20-10-11-22-17-31-13-12-19(22)14-20)28-25(29-30)24-15-18-6-4-5-7-21(18)16-27-24/h4-7,10-11,14-16,23H,1-3,8-9,12-13,17H2. The summed E-state index contributed by atoms with van der Waals surface area (Å²) in [5, 5.41) is 7.32. The Hall–Kier alpha value is -3.05. The molecule has 6 rings (SSSR count). The summed E-state index contributed by atoms with van der Waals surface area (Å²) < 4.78 is 7.80. The Kier molecular flexibility index (Phi) is 4.76. The van der Waals surface area contributed by atoms with Crippen molar-refractivity contribution in [3.8, 4) is 22.9 Å². The number of rotatable bonds is 3. The zero-order valence-electron chi connectivity index (χ0n) is 17.6. The normalized spacial score (nSPS) is 17.0. The molecule has 0 N–H and O–H groups in total.